The molecule has 0 saturated heterocycles. The molecule has 0 radical (unpaired) electrons. The fraction of sp³-hybridized carbons (Fsp3) is 0.179. The van der Waals surface area contributed by atoms with Gasteiger partial charge >= 0.3 is 0 Å². The Balaban J connectivity index is 1.44. The van der Waals surface area contributed by atoms with Crippen molar-refractivity contribution in [3.05, 3.63) is 95.3 Å². The van der Waals surface area contributed by atoms with Gasteiger partial charge in [-0.2, -0.15) is 5.10 Å². The van der Waals surface area contributed by atoms with Gasteiger partial charge in [-0.25, -0.2) is 18.5 Å². The van der Waals surface area contributed by atoms with Crippen LogP contribution in [0.25, 0.3) is 11.3 Å². The van der Waals surface area contributed by atoms with Crippen molar-refractivity contribution in [2.24, 2.45) is 4.99 Å². The summed E-state index contributed by atoms with van der Waals surface area (Å²) in [6.45, 7) is 2.31. The Bertz CT molecular complexity index is 1640. The highest BCUT2D eigenvalue weighted by Crippen LogP contribution is 2.35. The molecule has 0 spiro atoms. The average molecular weight is 529 g/mol. The Labute approximate surface area is 221 Å². The summed E-state index contributed by atoms with van der Waals surface area (Å²) < 4.78 is 37.0. The zero-order chi connectivity index (χ0) is 27.1. The molecule has 1 unspecified atom stereocenters. The molecule has 2 aromatic carbocycles. The second-order valence-corrected chi connectivity index (χ2v) is 9.20. The van der Waals surface area contributed by atoms with E-state index in [9.17, 15) is 18.4 Å². The molecule has 4 aromatic rings. The van der Waals surface area contributed by atoms with Gasteiger partial charge in [0.05, 0.1) is 23.7 Å². The number of ether oxygens (including phenoxy) is 1. The van der Waals surface area contributed by atoms with E-state index < -0.39 is 29.6 Å². The molecule has 0 fully saturated rings. The summed E-state index contributed by atoms with van der Waals surface area (Å²) in [4.78, 5) is 35.4. The van der Waals surface area contributed by atoms with Crippen LogP contribution in [0.2, 0.25) is 0 Å². The highest BCUT2D eigenvalue weighted by atomic mass is 19.1. The SMILES string of the molecule is CC1CCn2nc(-c3ccncc3F)c(C(=O)N[C@H]3N=C(c4ccccc4)c4cccc(F)c4NC3=O)c2O1. The van der Waals surface area contributed by atoms with Gasteiger partial charge in [-0.05, 0) is 19.1 Å². The highest BCUT2D eigenvalue weighted by Gasteiger charge is 2.34. The molecule has 0 aliphatic carbocycles. The molecule has 2 atom stereocenters. The number of nitrogens with one attached hydrogen (secondary N) is 2. The van der Waals surface area contributed by atoms with Crippen LogP contribution in [-0.4, -0.2) is 44.6 Å². The summed E-state index contributed by atoms with van der Waals surface area (Å²) in [5, 5.41) is 9.63. The Hall–Kier alpha value is -4.93. The number of hydrogen-bond donors (Lipinski definition) is 2. The normalized spacial score (nSPS) is 18.1. The predicted octanol–water partition coefficient (Wildman–Crippen LogP) is 3.94. The highest BCUT2D eigenvalue weighted by molar-refractivity contribution is 6.20. The second kappa shape index (κ2) is 9.75. The van der Waals surface area contributed by atoms with Gasteiger partial charge in [-0.3, -0.25) is 14.6 Å². The number of halogens is 2. The number of aliphatic imine (C=N–C) groups is 1. The number of benzene rings is 2. The zero-order valence-electron chi connectivity index (χ0n) is 20.7. The van der Waals surface area contributed by atoms with Crippen molar-refractivity contribution in [2.45, 2.75) is 32.2 Å². The van der Waals surface area contributed by atoms with Gasteiger partial charge in [-0.15, -0.1) is 0 Å². The van der Waals surface area contributed by atoms with Gasteiger partial charge in [0.2, 0.25) is 12.0 Å². The fourth-order valence-electron chi connectivity index (χ4n) is 4.65. The van der Waals surface area contributed by atoms with Crippen LogP contribution in [0.5, 0.6) is 5.88 Å². The van der Waals surface area contributed by atoms with E-state index in [2.05, 4.69) is 25.7 Å². The summed E-state index contributed by atoms with van der Waals surface area (Å²) in [6, 6.07) is 14.7. The number of benzodiazepines with no additional fused rings is 1. The Morgan fingerprint density at radius 3 is 2.69 bits per heavy atom. The van der Waals surface area contributed by atoms with Gasteiger partial charge in [0.1, 0.15) is 17.1 Å². The number of nitrogens with zero attached hydrogens (tertiary/aromatic N) is 4. The van der Waals surface area contributed by atoms with Crippen molar-refractivity contribution in [3.8, 4) is 17.1 Å². The monoisotopic (exact) mass is 528 g/mol. The molecular weight excluding hydrogens is 506 g/mol. The van der Waals surface area contributed by atoms with E-state index in [0.717, 1.165) is 6.20 Å². The van der Waals surface area contributed by atoms with E-state index in [-0.39, 0.29) is 34.5 Å². The first-order valence-electron chi connectivity index (χ1n) is 12.3. The minimum atomic E-state index is -1.44. The number of amides is 2. The van der Waals surface area contributed by atoms with Crippen molar-refractivity contribution in [1.82, 2.24) is 20.1 Å². The number of anilines is 1. The minimum Gasteiger partial charge on any atom is -0.474 e. The molecule has 9 nitrogen and oxygen atoms in total. The van der Waals surface area contributed by atoms with Crippen LogP contribution < -0.4 is 15.4 Å². The smallest absolute Gasteiger partial charge is 0.269 e. The van der Waals surface area contributed by atoms with Gasteiger partial charge in [0.15, 0.2) is 5.82 Å². The lowest BCUT2D eigenvalue weighted by Gasteiger charge is -2.22. The lowest BCUT2D eigenvalue weighted by Crippen LogP contribution is -2.42. The van der Waals surface area contributed by atoms with Crippen LogP contribution in [-0.2, 0) is 11.3 Å². The van der Waals surface area contributed by atoms with E-state index in [1.54, 1.807) is 30.3 Å². The van der Waals surface area contributed by atoms with Gasteiger partial charge in [0, 0.05) is 35.9 Å². The van der Waals surface area contributed by atoms with Gasteiger partial charge in [-0.1, -0.05) is 42.5 Å². The third kappa shape index (κ3) is 4.41. The Morgan fingerprint density at radius 2 is 1.90 bits per heavy atom. The third-order valence-electron chi connectivity index (χ3n) is 6.56. The van der Waals surface area contributed by atoms with E-state index in [4.69, 9.17) is 4.74 Å². The molecule has 0 saturated carbocycles. The van der Waals surface area contributed by atoms with Crippen LogP contribution in [0.3, 0.4) is 0 Å². The molecule has 39 heavy (non-hydrogen) atoms. The van der Waals surface area contributed by atoms with Crippen molar-refractivity contribution in [3.63, 3.8) is 0 Å². The Morgan fingerprint density at radius 1 is 1.08 bits per heavy atom. The zero-order valence-corrected chi connectivity index (χ0v) is 20.7. The minimum absolute atomic E-state index is 0.0381. The van der Waals surface area contributed by atoms with Gasteiger partial charge in [0.25, 0.3) is 11.8 Å². The molecule has 2 aliphatic heterocycles. The molecule has 2 N–H and O–H groups in total. The van der Waals surface area contributed by atoms with Crippen molar-refractivity contribution in [1.29, 1.82) is 0 Å². The van der Waals surface area contributed by atoms with Crippen molar-refractivity contribution >= 4 is 23.2 Å². The number of fused-ring (bicyclic) bond motifs is 2. The number of rotatable bonds is 4. The molecule has 196 valence electrons. The lowest BCUT2D eigenvalue weighted by atomic mass is 10.0. The molecule has 2 aliphatic rings. The van der Waals surface area contributed by atoms with Crippen LogP contribution in [0.15, 0.2) is 72.0 Å². The maximum atomic E-state index is 14.8. The van der Waals surface area contributed by atoms with Crippen LogP contribution in [0.4, 0.5) is 14.5 Å². The molecule has 2 amide bonds. The predicted molar refractivity (Wildman–Crippen MR) is 138 cm³/mol. The summed E-state index contributed by atoms with van der Waals surface area (Å²) in [5.74, 6) is -2.64. The number of carbonyl (C=O) groups is 2. The van der Waals surface area contributed by atoms with Crippen molar-refractivity contribution < 1.29 is 23.1 Å². The number of pyridine rings is 1. The lowest BCUT2D eigenvalue weighted by molar-refractivity contribution is -0.117. The second-order valence-electron chi connectivity index (χ2n) is 9.20. The summed E-state index contributed by atoms with van der Waals surface area (Å²) in [5.41, 5.74) is 1.33. The third-order valence-corrected chi connectivity index (χ3v) is 6.56. The number of hydrogen-bond acceptors (Lipinski definition) is 6. The number of carbonyl (C=O) groups excluding carboxylic acids is 2. The summed E-state index contributed by atoms with van der Waals surface area (Å²) in [6.07, 6.45) is 1.42. The molecule has 2 aromatic heterocycles. The van der Waals surface area contributed by atoms with Crippen LogP contribution >= 0.6 is 0 Å². The molecule has 11 heteroatoms. The van der Waals surface area contributed by atoms with E-state index in [0.29, 0.717) is 29.8 Å². The average Bonchev–Trinajstić information content (AvgIpc) is 3.24. The fourth-order valence-corrected chi connectivity index (χ4v) is 4.65. The number of para-hydroxylation sites is 1. The summed E-state index contributed by atoms with van der Waals surface area (Å²) in [7, 11) is 0. The number of aromatic nitrogens is 3. The molecule has 6 rings (SSSR count). The van der Waals surface area contributed by atoms with Crippen LogP contribution in [0, 0.1) is 11.6 Å². The maximum absolute atomic E-state index is 14.8. The van der Waals surface area contributed by atoms with Crippen LogP contribution in [0.1, 0.15) is 34.8 Å². The first-order valence-corrected chi connectivity index (χ1v) is 12.3. The first kappa shape index (κ1) is 24.4. The van der Waals surface area contributed by atoms with E-state index in [1.807, 2.05) is 13.0 Å². The van der Waals surface area contributed by atoms with Crippen molar-refractivity contribution in [2.75, 3.05) is 5.32 Å². The topological polar surface area (TPSA) is 111 Å². The maximum Gasteiger partial charge on any atom is 0.269 e. The van der Waals surface area contributed by atoms with E-state index >= 15 is 0 Å². The number of aryl methyl sites for hydroxylation is 1. The molecular formula is C28H22F2N6O3. The summed E-state index contributed by atoms with van der Waals surface area (Å²) >= 11 is 0. The van der Waals surface area contributed by atoms with E-state index in [1.165, 1.54) is 29.1 Å². The largest absolute Gasteiger partial charge is 0.474 e. The standard InChI is InChI=1S/C28H22F2N6O3/c1-15-11-13-36-28(39-15)21(24(35-36)17-10-12-31-14-20(17)30)26(37)34-25-27(38)33-23-18(8-5-9-19(23)29)22(32-25)16-6-3-2-4-7-16/h2-10,12,14-15,25H,11,13H2,1H3,(H,33,38)(H,34,37)/t15?,25-/m1/s1. The van der Waals surface area contributed by atoms with Gasteiger partial charge < -0.3 is 15.4 Å². The Kier molecular flexibility index (Phi) is 6.10. The molecule has 0 bridgehead atoms. The first-order chi connectivity index (χ1) is 18.9. The molecule has 4 heterocycles. The quantitative estimate of drug-likeness (QED) is 0.417.